The second kappa shape index (κ2) is 11.1. The highest BCUT2D eigenvalue weighted by Crippen LogP contribution is 2.41. The number of aromatic nitrogens is 1. The predicted octanol–water partition coefficient (Wildman–Crippen LogP) is 3.99. The van der Waals surface area contributed by atoms with Crippen molar-refractivity contribution < 1.29 is 37.4 Å². The van der Waals surface area contributed by atoms with Crippen molar-refractivity contribution in [2.75, 3.05) is 6.61 Å². The first-order valence-corrected chi connectivity index (χ1v) is 11.7. The van der Waals surface area contributed by atoms with Gasteiger partial charge in [-0.05, 0) is 37.3 Å². The van der Waals surface area contributed by atoms with Crippen LogP contribution in [0.4, 0.5) is 13.2 Å². The third-order valence-electron chi connectivity index (χ3n) is 6.64. The molecule has 192 valence electrons. The number of nitrogens with one attached hydrogen (secondary N) is 1. The number of hydrogen-bond acceptors (Lipinski definition) is 5. The Bertz CT molecular complexity index is 1060. The van der Waals surface area contributed by atoms with Crippen LogP contribution < -0.4 is 11.1 Å². The normalized spacial score (nSPS) is 22.9. The van der Waals surface area contributed by atoms with Crippen LogP contribution in [0.25, 0.3) is 10.9 Å². The van der Waals surface area contributed by atoms with Gasteiger partial charge in [0.05, 0.1) is 24.3 Å². The average molecular weight is 498 g/mol. The maximum absolute atomic E-state index is 12.6. The number of primary amides is 1. The smallest absolute Gasteiger partial charge is 0.475 e. The van der Waals surface area contributed by atoms with Gasteiger partial charge in [0, 0.05) is 5.39 Å². The summed E-state index contributed by atoms with van der Waals surface area (Å²) in [7, 11) is 0. The molecule has 8 nitrogen and oxygen atoms in total. The number of aliphatic carboxylic acids is 1. The Morgan fingerprint density at radius 3 is 2.37 bits per heavy atom. The Balaban J connectivity index is 0.000000429. The van der Waals surface area contributed by atoms with E-state index in [4.69, 9.17) is 20.4 Å². The number of fused-ring (bicyclic) bond motifs is 1. The van der Waals surface area contributed by atoms with Gasteiger partial charge >= 0.3 is 18.1 Å². The molecule has 1 saturated heterocycles. The summed E-state index contributed by atoms with van der Waals surface area (Å²) >= 11 is 0. The number of amides is 1. The fraction of sp³-hybridized carbons (Fsp3) is 0.542. The summed E-state index contributed by atoms with van der Waals surface area (Å²) in [6, 6.07) is 9.44. The number of carboxylic acids is 1. The van der Waals surface area contributed by atoms with Crippen LogP contribution in [-0.2, 0) is 14.3 Å². The van der Waals surface area contributed by atoms with E-state index in [0.29, 0.717) is 18.2 Å². The molecule has 1 saturated carbocycles. The van der Waals surface area contributed by atoms with E-state index >= 15 is 0 Å². The van der Waals surface area contributed by atoms with E-state index in [1.54, 1.807) is 6.92 Å². The summed E-state index contributed by atoms with van der Waals surface area (Å²) in [5, 5.41) is 11.6. The molecule has 3 atom stereocenters. The van der Waals surface area contributed by atoms with Crippen molar-refractivity contribution in [1.29, 1.82) is 0 Å². The Hall–Kier alpha value is -3.08. The van der Waals surface area contributed by atoms with Crippen LogP contribution in [-0.4, -0.2) is 46.3 Å². The lowest BCUT2D eigenvalue weighted by Crippen LogP contribution is -2.44. The zero-order valence-electron chi connectivity index (χ0n) is 19.4. The van der Waals surface area contributed by atoms with E-state index in [1.807, 2.05) is 34.9 Å². The van der Waals surface area contributed by atoms with Crippen LogP contribution in [0.2, 0.25) is 0 Å². The number of halogens is 3. The van der Waals surface area contributed by atoms with Gasteiger partial charge in [0.25, 0.3) is 0 Å². The fourth-order valence-corrected chi connectivity index (χ4v) is 5.17. The molecule has 2 heterocycles. The van der Waals surface area contributed by atoms with Crippen molar-refractivity contribution in [2.45, 2.75) is 63.8 Å². The SMILES string of the molecule is CCOC(=O)c1cc2ccccc2n1C1C[C@@H](C2CCCCC2)[C@@H](C(N)=O)N1.O=C(O)C(F)(F)F. The summed E-state index contributed by atoms with van der Waals surface area (Å²) in [6.45, 7) is 2.13. The minimum Gasteiger partial charge on any atom is -0.475 e. The van der Waals surface area contributed by atoms with Gasteiger partial charge in [0.15, 0.2) is 0 Å². The van der Waals surface area contributed by atoms with Crippen LogP contribution in [0.5, 0.6) is 0 Å². The van der Waals surface area contributed by atoms with Crippen molar-refractivity contribution in [3.63, 3.8) is 0 Å². The molecule has 4 N–H and O–H groups in total. The second-order valence-corrected chi connectivity index (χ2v) is 8.84. The first kappa shape index (κ1) is 26.5. The second-order valence-electron chi connectivity index (χ2n) is 8.84. The summed E-state index contributed by atoms with van der Waals surface area (Å²) in [6.07, 6.45) is 1.58. The van der Waals surface area contributed by atoms with Crippen LogP contribution >= 0.6 is 0 Å². The van der Waals surface area contributed by atoms with Crippen LogP contribution in [0.15, 0.2) is 30.3 Å². The monoisotopic (exact) mass is 497 g/mol. The molecule has 0 spiro atoms. The maximum Gasteiger partial charge on any atom is 0.490 e. The number of benzene rings is 1. The number of para-hydroxylation sites is 1. The van der Waals surface area contributed by atoms with E-state index in [1.165, 1.54) is 19.3 Å². The lowest BCUT2D eigenvalue weighted by atomic mass is 9.76. The average Bonchev–Trinajstić information content (AvgIpc) is 3.42. The zero-order valence-corrected chi connectivity index (χ0v) is 19.4. The number of carboxylic acid groups (broad SMARTS) is 1. The maximum atomic E-state index is 12.6. The molecule has 1 aliphatic heterocycles. The number of nitrogens with zero attached hydrogens (tertiary/aromatic N) is 1. The molecule has 11 heteroatoms. The van der Waals surface area contributed by atoms with E-state index in [-0.39, 0.29) is 30.0 Å². The number of rotatable bonds is 5. The largest absolute Gasteiger partial charge is 0.490 e. The molecule has 0 radical (unpaired) electrons. The number of carbonyl (C=O) groups excluding carboxylic acids is 2. The van der Waals surface area contributed by atoms with Crippen molar-refractivity contribution in [2.24, 2.45) is 17.6 Å². The minimum atomic E-state index is -5.08. The third kappa shape index (κ3) is 6.14. The van der Waals surface area contributed by atoms with Crippen LogP contribution in [0.3, 0.4) is 0 Å². The van der Waals surface area contributed by atoms with E-state index in [9.17, 15) is 22.8 Å². The van der Waals surface area contributed by atoms with Gasteiger partial charge in [-0.25, -0.2) is 9.59 Å². The highest BCUT2D eigenvalue weighted by atomic mass is 19.4. The molecule has 0 bridgehead atoms. The molecule has 2 aliphatic rings. The predicted molar refractivity (Wildman–Crippen MR) is 121 cm³/mol. The standard InChI is InChI=1S/C22H29N3O3.C2HF3O2/c1-2-28-22(27)18-12-15-10-6-7-11-17(15)25(18)19-13-16(20(24-19)21(23)26)14-8-4-3-5-9-14;3-2(4,5)1(6)7/h6-7,10-12,14,16,19-20,24H,2-5,8-9,13H2,1H3,(H2,23,26);(H,6,7)/t16-,19?,20-;/m0./s1. The lowest BCUT2D eigenvalue weighted by molar-refractivity contribution is -0.192. The Kier molecular flexibility index (Phi) is 8.42. The summed E-state index contributed by atoms with van der Waals surface area (Å²) in [5.41, 5.74) is 7.26. The van der Waals surface area contributed by atoms with Crippen molar-refractivity contribution >= 4 is 28.7 Å². The van der Waals surface area contributed by atoms with Gasteiger partial charge in [0.1, 0.15) is 5.69 Å². The topological polar surface area (TPSA) is 124 Å². The number of carbonyl (C=O) groups is 3. The molecule has 1 aromatic carbocycles. The van der Waals surface area contributed by atoms with Crippen molar-refractivity contribution in [1.82, 2.24) is 9.88 Å². The molecule has 2 aromatic rings. The van der Waals surface area contributed by atoms with Gasteiger partial charge in [-0.15, -0.1) is 0 Å². The van der Waals surface area contributed by atoms with Crippen LogP contribution in [0.1, 0.15) is 62.1 Å². The molecular weight excluding hydrogens is 467 g/mol. The molecule has 4 rings (SSSR count). The van der Waals surface area contributed by atoms with Gasteiger partial charge < -0.3 is 20.1 Å². The summed E-state index contributed by atoms with van der Waals surface area (Å²) < 4.78 is 39.0. The number of esters is 1. The van der Waals surface area contributed by atoms with Gasteiger partial charge in [-0.1, -0.05) is 50.3 Å². The Labute approximate surface area is 200 Å². The van der Waals surface area contributed by atoms with Gasteiger partial charge in [-0.2, -0.15) is 13.2 Å². The molecule has 1 aliphatic carbocycles. The molecule has 1 unspecified atom stereocenters. The zero-order chi connectivity index (χ0) is 25.8. The van der Waals surface area contributed by atoms with Gasteiger partial charge in [-0.3, -0.25) is 10.1 Å². The molecule has 35 heavy (non-hydrogen) atoms. The number of hydrogen-bond donors (Lipinski definition) is 3. The molecular formula is C24H30F3N3O5. The number of ether oxygens (including phenoxy) is 1. The first-order valence-electron chi connectivity index (χ1n) is 11.7. The van der Waals surface area contributed by atoms with Crippen molar-refractivity contribution in [3.05, 3.63) is 36.0 Å². The first-order chi connectivity index (χ1) is 16.5. The highest BCUT2D eigenvalue weighted by molar-refractivity contribution is 5.96. The third-order valence-corrected chi connectivity index (χ3v) is 6.64. The van der Waals surface area contributed by atoms with E-state index < -0.39 is 12.1 Å². The van der Waals surface area contributed by atoms with Crippen molar-refractivity contribution in [3.8, 4) is 0 Å². The Morgan fingerprint density at radius 2 is 1.80 bits per heavy atom. The minimum absolute atomic E-state index is 0.149. The molecule has 2 fully saturated rings. The van der Waals surface area contributed by atoms with E-state index in [0.717, 1.165) is 30.2 Å². The lowest BCUT2D eigenvalue weighted by Gasteiger charge is -2.29. The summed E-state index contributed by atoms with van der Waals surface area (Å²) in [4.78, 5) is 33.7. The Morgan fingerprint density at radius 1 is 1.17 bits per heavy atom. The fourth-order valence-electron chi connectivity index (χ4n) is 5.17. The quantitative estimate of drug-likeness (QED) is 0.537. The number of alkyl halides is 3. The summed E-state index contributed by atoms with van der Waals surface area (Å²) in [5.74, 6) is -2.67. The van der Waals surface area contributed by atoms with Crippen LogP contribution in [0, 0.1) is 11.8 Å². The van der Waals surface area contributed by atoms with Gasteiger partial charge in [0.2, 0.25) is 5.91 Å². The molecule has 1 aromatic heterocycles. The van der Waals surface area contributed by atoms with E-state index in [2.05, 4.69) is 5.32 Å². The highest BCUT2D eigenvalue weighted by Gasteiger charge is 2.43. The number of nitrogens with two attached hydrogens (primary N) is 1. The molecule has 1 amide bonds.